The number of amidine groups is 1. The monoisotopic (exact) mass is 291 g/mol. The molecule has 0 aromatic carbocycles. The third-order valence-electron chi connectivity index (χ3n) is 5.31. The van der Waals surface area contributed by atoms with Crippen LogP contribution in [0.1, 0.15) is 36.9 Å². The lowest BCUT2D eigenvalue weighted by Crippen LogP contribution is -2.31. The first-order valence-corrected chi connectivity index (χ1v) is 7.73. The molecule has 6 nitrogen and oxygen atoms in total. The Morgan fingerprint density at radius 1 is 1.48 bits per heavy atom. The molecule has 3 unspecified atom stereocenters. The van der Waals surface area contributed by atoms with E-state index in [9.17, 15) is 0 Å². The fraction of sp³-hybridized carbons (Fsp3) is 0.733. The second-order valence-electron chi connectivity index (χ2n) is 6.71. The number of fused-ring (bicyclic) bond motifs is 2. The standard InChI is InChI=1S/C15H25N5O/c1-9-13(14(16)18-21)15(20(3)17-9)19(2)8-12-7-10-4-5-11(12)6-10/h10-12,21H,4-8H2,1-3H3,(H2,16,18). The molecule has 3 rings (SSSR count). The molecule has 1 aromatic heterocycles. The molecule has 0 radical (unpaired) electrons. The maximum Gasteiger partial charge on any atom is 0.175 e. The highest BCUT2D eigenvalue weighted by atomic mass is 16.4. The summed E-state index contributed by atoms with van der Waals surface area (Å²) in [6, 6.07) is 0. The van der Waals surface area contributed by atoms with E-state index < -0.39 is 0 Å². The molecule has 0 saturated heterocycles. The second-order valence-corrected chi connectivity index (χ2v) is 6.71. The summed E-state index contributed by atoms with van der Waals surface area (Å²) < 4.78 is 1.83. The third-order valence-corrected chi connectivity index (χ3v) is 5.31. The molecular weight excluding hydrogens is 266 g/mol. The number of aryl methyl sites for hydroxylation is 2. The summed E-state index contributed by atoms with van der Waals surface area (Å²) in [5, 5.41) is 16.6. The molecular formula is C15H25N5O. The average Bonchev–Trinajstić information content (AvgIpc) is 3.11. The molecule has 0 aliphatic heterocycles. The van der Waals surface area contributed by atoms with E-state index >= 15 is 0 Å². The highest BCUT2D eigenvalue weighted by Crippen LogP contribution is 2.48. The minimum absolute atomic E-state index is 0.135. The maximum atomic E-state index is 9.01. The lowest BCUT2D eigenvalue weighted by Gasteiger charge is -2.29. The van der Waals surface area contributed by atoms with Crippen LogP contribution in [-0.2, 0) is 7.05 Å². The van der Waals surface area contributed by atoms with Gasteiger partial charge in [-0.25, -0.2) is 0 Å². The highest BCUT2D eigenvalue weighted by Gasteiger charge is 2.40. The van der Waals surface area contributed by atoms with Crippen molar-refractivity contribution < 1.29 is 5.21 Å². The fourth-order valence-corrected chi connectivity index (χ4v) is 4.47. The van der Waals surface area contributed by atoms with Gasteiger partial charge in [0.05, 0.1) is 11.3 Å². The van der Waals surface area contributed by atoms with Crippen molar-refractivity contribution in [3.8, 4) is 0 Å². The molecule has 2 fully saturated rings. The normalized spacial score (nSPS) is 28.3. The van der Waals surface area contributed by atoms with Gasteiger partial charge in [0.1, 0.15) is 5.82 Å². The van der Waals surface area contributed by atoms with Gasteiger partial charge in [-0.3, -0.25) is 4.68 Å². The molecule has 2 saturated carbocycles. The molecule has 3 N–H and O–H groups in total. The van der Waals surface area contributed by atoms with E-state index in [0.29, 0.717) is 0 Å². The first-order valence-electron chi connectivity index (χ1n) is 7.73. The number of nitrogens with zero attached hydrogens (tertiary/aromatic N) is 4. The van der Waals surface area contributed by atoms with Crippen LogP contribution in [0, 0.1) is 24.7 Å². The van der Waals surface area contributed by atoms with Crippen molar-refractivity contribution >= 4 is 11.7 Å². The summed E-state index contributed by atoms with van der Waals surface area (Å²) >= 11 is 0. The van der Waals surface area contributed by atoms with Gasteiger partial charge in [0.15, 0.2) is 5.84 Å². The topological polar surface area (TPSA) is 79.7 Å². The maximum absolute atomic E-state index is 9.01. The van der Waals surface area contributed by atoms with Crippen LogP contribution in [0.15, 0.2) is 5.16 Å². The average molecular weight is 291 g/mol. The van der Waals surface area contributed by atoms with Gasteiger partial charge in [0.25, 0.3) is 0 Å². The minimum Gasteiger partial charge on any atom is -0.409 e. The number of hydrogen-bond donors (Lipinski definition) is 2. The summed E-state index contributed by atoms with van der Waals surface area (Å²) in [6.07, 6.45) is 5.58. The Kier molecular flexibility index (Phi) is 3.55. The Balaban J connectivity index is 1.83. The Labute approximate surface area is 125 Å². The largest absolute Gasteiger partial charge is 0.409 e. The molecule has 1 heterocycles. The van der Waals surface area contributed by atoms with E-state index in [1.807, 2.05) is 18.7 Å². The van der Waals surface area contributed by atoms with E-state index in [2.05, 4.69) is 22.2 Å². The molecule has 2 bridgehead atoms. The molecule has 3 atom stereocenters. The zero-order valence-corrected chi connectivity index (χ0v) is 13.1. The van der Waals surface area contributed by atoms with Gasteiger partial charge in [-0.05, 0) is 43.9 Å². The van der Waals surface area contributed by atoms with Gasteiger partial charge >= 0.3 is 0 Å². The van der Waals surface area contributed by atoms with Crippen LogP contribution in [0.25, 0.3) is 0 Å². The smallest absolute Gasteiger partial charge is 0.175 e. The van der Waals surface area contributed by atoms with Crippen molar-refractivity contribution in [3.63, 3.8) is 0 Å². The zero-order valence-electron chi connectivity index (χ0n) is 13.1. The number of hydrogen-bond acceptors (Lipinski definition) is 4. The van der Waals surface area contributed by atoms with E-state index in [1.165, 1.54) is 25.7 Å². The predicted molar refractivity (Wildman–Crippen MR) is 82.7 cm³/mol. The number of anilines is 1. The van der Waals surface area contributed by atoms with Crippen LogP contribution in [0.3, 0.4) is 0 Å². The van der Waals surface area contributed by atoms with Crippen LogP contribution >= 0.6 is 0 Å². The van der Waals surface area contributed by atoms with Gasteiger partial charge in [-0.1, -0.05) is 11.6 Å². The van der Waals surface area contributed by atoms with Gasteiger partial charge in [-0.2, -0.15) is 5.10 Å². The number of nitrogens with two attached hydrogens (primary N) is 1. The Morgan fingerprint density at radius 2 is 2.24 bits per heavy atom. The Bertz CT molecular complexity index is 565. The highest BCUT2D eigenvalue weighted by molar-refractivity contribution is 6.02. The van der Waals surface area contributed by atoms with Crippen molar-refractivity contribution in [1.82, 2.24) is 9.78 Å². The van der Waals surface area contributed by atoms with Crippen LogP contribution in [0.5, 0.6) is 0 Å². The molecule has 0 spiro atoms. The summed E-state index contributed by atoms with van der Waals surface area (Å²) in [5.74, 6) is 3.68. The second kappa shape index (κ2) is 5.24. The summed E-state index contributed by atoms with van der Waals surface area (Å²) in [4.78, 5) is 2.22. The minimum atomic E-state index is 0.135. The Hall–Kier alpha value is -1.72. The van der Waals surface area contributed by atoms with E-state index in [0.717, 1.165) is 41.4 Å². The summed E-state index contributed by atoms with van der Waals surface area (Å²) in [7, 11) is 3.99. The molecule has 0 amide bonds. The zero-order chi connectivity index (χ0) is 15.1. The van der Waals surface area contributed by atoms with Gasteiger partial charge in [0, 0.05) is 20.6 Å². The first-order chi connectivity index (χ1) is 10.0. The van der Waals surface area contributed by atoms with Crippen molar-refractivity contribution in [2.45, 2.75) is 32.6 Å². The van der Waals surface area contributed by atoms with Crippen molar-refractivity contribution in [1.29, 1.82) is 0 Å². The van der Waals surface area contributed by atoms with Crippen LogP contribution in [-0.4, -0.2) is 34.4 Å². The summed E-state index contributed by atoms with van der Waals surface area (Å²) in [6.45, 7) is 2.91. The van der Waals surface area contributed by atoms with E-state index in [1.54, 1.807) is 0 Å². The van der Waals surface area contributed by atoms with Gasteiger partial charge < -0.3 is 15.8 Å². The molecule has 6 heteroatoms. The molecule has 116 valence electrons. The predicted octanol–water partition coefficient (Wildman–Crippen LogP) is 1.70. The number of rotatable bonds is 4. The van der Waals surface area contributed by atoms with Gasteiger partial charge in [-0.15, -0.1) is 0 Å². The van der Waals surface area contributed by atoms with E-state index in [4.69, 9.17) is 10.9 Å². The number of aromatic nitrogens is 2. The van der Waals surface area contributed by atoms with Crippen LogP contribution in [0.2, 0.25) is 0 Å². The van der Waals surface area contributed by atoms with Crippen molar-refractivity contribution in [3.05, 3.63) is 11.3 Å². The molecule has 2 aliphatic carbocycles. The van der Waals surface area contributed by atoms with Gasteiger partial charge in [0.2, 0.25) is 0 Å². The lowest BCUT2D eigenvalue weighted by atomic mass is 9.88. The molecule has 2 aliphatic rings. The molecule has 21 heavy (non-hydrogen) atoms. The number of oxime groups is 1. The fourth-order valence-electron chi connectivity index (χ4n) is 4.47. The van der Waals surface area contributed by atoms with Crippen LogP contribution in [0.4, 0.5) is 5.82 Å². The third kappa shape index (κ3) is 2.36. The van der Waals surface area contributed by atoms with Crippen LogP contribution < -0.4 is 10.6 Å². The van der Waals surface area contributed by atoms with Crippen molar-refractivity contribution in [2.75, 3.05) is 18.5 Å². The molecule has 1 aromatic rings. The Morgan fingerprint density at radius 3 is 2.81 bits per heavy atom. The van der Waals surface area contributed by atoms with Crippen molar-refractivity contribution in [2.24, 2.45) is 35.7 Å². The quantitative estimate of drug-likeness (QED) is 0.383. The first kappa shape index (κ1) is 14.2. The SMILES string of the molecule is Cc1nn(C)c(N(C)CC2CC3CCC2C3)c1C(N)=NO. The van der Waals surface area contributed by atoms with E-state index in [-0.39, 0.29) is 5.84 Å². The lowest BCUT2D eigenvalue weighted by molar-refractivity contribution is 0.318. The summed E-state index contributed by atoms with van der Waals surface area (Å²) in [5.41, 5.74) is 7.37.